The van der Waals surface area contributed by atoms with Crippen LogP contribution in [0, 0.1) is 0 Å². The summed E-state index contributed by atoms with van der Waals surface area (Å²) in [6.07, 6.45) is 0. The number of H-pyrrole nitrogens is 1. The fraction of sp³-hybridized carbons (Fsp3) is 0. The Morgan fingerprint density at radius 3 is 1.26 bits per heavy atom. The molecule has 2 nitrogen and oxygen atoms in total. The molecule has 0 aliphatic heterocycles. The summed E-state index contributed by atoms with van der Waals surface area (Å²) in [6, 6.07) is 37.9. The molecular weight excluding hydrogens is 349 g/mol. The van der Waals surface area contributed by atoms with E-state index in [1.54, 1.807) is 0 Å². The van der Waals surface area contributed by atoms with E-state index < -0.39 is 0 Å². The van der Waals surface area contributed by atoms with E-state index in [4.69, 9.17) is 0 Å². The van der Waals surface area contributed by atoms with Gasteiger partial charge in [-0.1, -0.05) is 106 Å². The summed E-state index contributed by atoms with van der Waals surface area (Å²) < 4.78 is 0. The molecule has 0 unspecified atom stereocenters. The lowest BCUT2D eigenvalue weighted by molar-refractivity contribution is 0.824. The van der Waals surface area contributed by atoms with E-state index in [0.717, 1.165) is 8.58 Å². The van der Waals surface area contributed by atoms with Gasteiger partial charge in [0.15, 0.2) is 0 Å². The van der Waals surface area contributed by atoms with Gasteiger partial charge in [-0.2, -0.15) is 0 Å². The number of hydrogen-bond donors (Lipinski definition) is 1. The van der Waals surface area contributed by atoms with Gasteiger partial charge in [-0.15, -0.1) is 0 Å². The molecule has 0 saturated carbocycles. The van der Waals surface area contributed by atoms with Gasteiger partial charge in [0.2, 0.25) is 0 Å². The maximum Gasteiger partial charge on any atom is 0.0464 e. The normalized spacial score (nSPS) is 10.1. The van der Waals surface area contributed by atoms with E-state index in [1.165, 1.54) is 32.4 Å². The number of nitrogens with one attached hydrogen (secondary N) is 1. The number of para-hydroxylation sites is 2. The fourth-order valence-corrected chi connectivity index (χ4v) is 4.06. The molecule has 5 rings (SSSR count). The first-order valence-electron chi connectivity index (χ1n) is 8.73. The highest BCUT2D eigenvalue weighted by molar-refractivity contribution is 7.55. The molecule has 1 heterocycles. The van der Waals surface area contributed by atoms with Gasteiger partial charge in [0.25, 0.3) is 0 Å². The van der Waals surface area contributed by atoms with Gasteiger partial charge in [0.1, 0.15) is 0 Å². The third kappa shape index (κ3) is 4.62. The molecule has 0 amide bonds. The maximum absolute atomic E-state index is 3.38. The van der Waals surface area contributed by atoms with Crippen LogP contribution in [0.5, 0.6) is 0 Å². The third-order valence-electron chi connectivity index (χ3n) is 4.25. The Bertz CT molecular complexity index is 1020. The molecule has 27 heavy (non-hydrogen) atoms. The van der Waals surface area contributed by atoms with Crippen LogP contribution in [-0.2, 0) is 0 Å². The van der Waals surface area contributed by atoms with Crippen LogP contribution < -0.4 is 10.6 Å². The first-order chi connectivity index (χ1) is 12.9. The second kappa shape index (κ2) is 9.14. The minimum absolute atomic E-state index is 0. The molecule has 0 radical (unpaired) electrons. The van der Waals surface area contributed by atoms with E-state index in [9.17, 15) is 0 Å². The zero-order valence-electron chi connectivity index (χ0n) is 14.9. The fourth-order valence-electron chi connectivity index (χ4n) is 3.01. The third-order valence-corrected chi connectivity index (χ3v) is 5.49. The van der Waals surface area contributed by atoms with Crippen LogP contribution in [0.3, 0.4) is 0 Å². The smallest absolute Gasteiger partial charge is 0.0464 e. The van der Waals surface area contributed by atoms with Crippen molar-refractivity contribution in [2.45, 2.75) is 0 Å². The van der Waals surface area contributed by atoms with Gasteiger partial charge < -0.3 is 10.5 Å². The van der Waals surface area contributed by atoms with E-state index >= 15 is 0 Å². The Labute approximate surface area is 161 Å². The Hall–Kier alpha value is -2.93. The monoisotopic (exact) mass is 371 g/mol. The average Bonchev–Trinajstić information content (AvgIpc) is 3.09. The van der Waals surface area contributed by atoms with Gasteiger partial charge in [-0.25, -0.2) is 0 Å². The van der Waals surface area contributed by atoms with Gasteiger partial charge >= 0.3 is 0 Å². The highest BCUT2D eigenvalue weighted by Crippen LogP contribution is 2.24. The van der Waals surface area contributed by atoms with E-state index in [-0.39, 0.29) is 5.48 Å². The Kier molecular flexibility index (Phi) is 6.38. The van der Waals surface area contributed by atoms with Crippen molar-refractivity contribution in [2.75, 3.05) is 0 Å². The van der Waals surface area contributed by atoms with Crippen molar-refractivity contribution in [1.29, 1.82) is 0 Å². The minimum atomic E-state index is 0. The van der Waals surface area contributed by atoms with Crippen molar-refractivity contribution in [2.24, 2.45) is 0 Å². The summed E-state index contributed by atoms with van der Waals surface area (Å²) in [6.45, 7) is 0. The summed E-state index contributed by atoms with van der Waals surface area (Å²) in [7, 11) is 0.777. The average molecular weight is 371 g/mol. The number of aromatic amines is 1. The molecule has 0 spiro atoms. The van der Waals surface area contributed by atoms with Crippen molar-refractivity contribution in [3.05, 3.63) is 109 Å². The van der Waals surface area contributed by atoms with Crippen molar-refractivity contribution in [1.82, 2.24) is 4.98 Å². The Morgan fingerprint density at radius 1 is 0.444 bits per heavy atom. The van der Waals surface area contributed by atoms with Crippen LogP contribution >= 0.6 is 8.58 Å². The predicted molar refractivity (Wildman–Crippen MR) is 120 cm³/mol. The largest absolute Gasteiger partial charge is 0.412 e. The number of aromatic nitrogens is 1. The summed E-state index contributed by atoms with van der Waals surface area (Å²) in [5.41, 5.74) is 2.42. The molecule has 0 saturated heterocycles. The molecule has 0 aliphatic rings. The lowest BCUT2D eigenvalue weighted by atomic mass is 10.2. The maximum atomic E-state index is 3.38. The molecular formula is C24H22NOP. The van der Waals surface area contributed by atoms with Crippen LogP contribution in [0.2, 0.25) is 0 Å². The molecule has 3 heteroatoms. The van der Waals surface area contributed by atoms with Crippen molar-refractivity contribution < 1.29 is 5.48 Å². The highest BCUT2D eigenvalue weighted by Gasteiger charge is 2.00. The Balaban J connectivity index is 0.000000150. The van der Waals surface area contributed by atoms with Gasteiger partial charge in [-0.3, -0.25) is 0 Å². The molecule has 1 aromatic heterocycles. The van der Waals surface area contributed by atoms with Crippen LogP contribution in [0.15, 0.2) is 109 Å². The molecule has 134 valence electrons. The molecule has 3 N–H and O–H groups in total. The number of hydrogen-bond acceptors (Lipinski definition) is 0. The first kappa shape index (κ1) is 18.8. The van der Waals surface area contributed by atoms with E-state index in [0.29, 0.717) is 0 Å². The summed E-state index contributed by atoms with van der Waals surface area (Å²) in [5.74, 6) is 0. The second-order valence-corrected chi connectivity index (χ2v) is 7.48. The standard InChI is InChI=1S/C12H9N.C12H11P.H2O/c1-3-7-11-9(5-1)10-6-2-4-8-12(10)13-11;1-3-7-11(8-4-1)13-12-9-5-2-6-10-12;/h1-8,13H;1-10,13H;1H2. The zero-order chi connectivity index (χ0) is 17.6. The van der Waals surface area contributed by atoms with E-state index in [1.807, 2.05) is 0 Å². The second-order valence-electron chi connectivity index (χ2n) is 6.07. The molecule has 0 aliphatic carbocycles. The lowest BCUT2D eigenvalue weighted by Gasteiger charge is -2.00. The SMILES string of the molecule is O.c1ccc(Pc2ccccc2)cc1.c1ccc2c(c1)[nH]c1ccccc12. The predicted octanol–water partition coefficient (Wildman–Crippen LogP) is 4.81. The topological polar surface area (TPSA) is 47.3 Å². The van der Waals surface area contributed by atoms with Crippen molar-refractivity contribution in [3.63, 3.8) is 0 Å². The molecule has 4 aromatic carbocycles. The molecule has 0 fully saturated rings. The summed E-state index contributed by atoms with van der Waals surface area (Å²) in [4.78, 5) is 3.38. The van der Waals surface area contributed by atoms with E-state index in [2.05, 4.69) is 114 Å². The summed E-state index contributed by atoms with van der Waals surface area (Å²) in [5, 5.41) is 5.40. The van der Waals surface area contributed by atoms with Crippen LogP contribution in [0.25, 0.3) is 21.8 Å². The molecule has 5 aromatic rings. The van der Waals surface area contributed by atoms with Crippen molar-refractivity contribution in [3.8, 4) is 0 Å². The lowest BCUT2D eigenvalue weighted by Crippen LogP contribution is -2.01. The Morgan fingerprint density at radius 2 is 0.815 bits per heavy atom. The van der Waals surface area contributed by atoms with Crippen LogP contribution in [0.1, 0.15) is 0 Å². The zero-order valence-corrected chi connectivity index (χ0v) is 15.9. The number of benzene rings is 4. The highest BCUT2D eigenvalue weighted by atomic mass is 31.1. The quantitative estimate of drug-likeness (QED) is 0.433. The van der Waals surface area contributed by atoms with Crippen LogP contribution in [0.4, 0.5) is 0 Å². The van der Waals surface area contributed by atoms with Gasteiger partial charge in [0.05, 0.1) is 0 Å². The summed E-state index contributed by atoms with van der Waals surface area (Å²) >= 11 is 0. The molecule has 0 atom stereocenters. The van der Waals surface area contributed by atoms with Crippen LogP contribution in [-0.4, -0.2) is 10.5 Å². The minimum Gasteiger partial charge on any atom is -0.412 e. The first-order valence-corrected chi connectivity index (χ1v) is 9.73. The van der Waals surface area contributed by atoms with Gasteiger partial charge in [0, 0.05) is 21.8 Å². The van der Waals surface area contributed by atoms with Gasteiger partial charge in [-0.05, 0) is 22.7 Å². The van der Waals surface area contributed by atoms with Crippen molar-refractivity contribution >= 4 is 41.0 Å². The number of rotatable bonds is 2. The molecule has 0 bridgehead atoms. The number of fused-ring (bicyclic) bond motifs is 3.